The zero-order valence-corrected chi connectivity index (χ0v) is 10.6. The van der Waals surface area contributed by atoms with Crippen LogP contribution < -0.4 is 5.32 Å². The van der Waals surface area contributed by atoms with Gasteiger partial charge in [-0.1, -0.05) is 0 Å². The maximum Gasteiger partial charge on any atom is 0.251 e. The van der Waals surface area contributed by atoms with Gasteiger partial charge in [0, 0.05) is 11.6 Å². The molecule has 1 aliphatic carbocycles. The predicted molar refractivity (Wildman–Crippen MR) is 71.8 cm³/mol. The van der Waals surface area contributed by atoms with Gasteiger partial charge < -0.3 is 15.4 Å². The number of hydrogen-bond acceptors (Lipinski definition) is 3. The summed E-state index contributed by atoms with van der Waals surface area (Å²) in [7, 11) is 0. The van der Waals surface area contributed by atoms with E-state index in [1.54, 1.807) is 18.5 Å². The van der Waals surface area contributed by atoms with Crippen molar-refractivity contribution in [3.63, 3.8) is 0 Å². The van der Waals surface area contributed by atoms with Crippen LogP contribution in [0, 0.1) is 0 Å². The molecule has 1 heterocycles. The Bertz CT molecular complexity index is 593. The molecule has 1 fully saturated rings. The van der Waals surface area contributed by atoms with Crippen molar-refractivity contribution >= 4 is 16.9 Å². The van der Waals surface area contributed by atoms with E-state index in [0.29, 0.717) is 12.0 Å². The third kappa shape index (κ3) is 2.61. The molecule has 1 saturated carbocycles. The van der Waals surface area contributed by atoms with Gasteiger partial charge in [-0.2, -0.15) is 0 Å². The average Bonchev–Trinajstić information content (AvgIpc) is 2.85. The van der Waals surface area contributed by atoms with Gasteiger partial charge in [-0.25, -0.2) is 4.98 Å². The summed E-state index contributed by atoms with van der Waals surface area (Å²) < 4.78 is 0. The number of hydrogen-bond donors (Lipinski definition) is 3. The molecule has 2 unspecified atom stereocenters. The van der Waals surface area contributed by atoms with Crippen molar-refractivity contribution in [3.05, 3.63) is 30.1 Å². The number of rotatable bonds is 2. The molecule has 100 valence electrons. The number of aliphatic hydroxyl groups excluding tert-OH is 1. The first-order valence-electron chi connectivity index (χ1n) is 6.64. The van der Waals surface area contributed by atoms with Crippen LogP contribution in [0.2, 0.25) is 0 Å². The van der Waals surface area contributed by atoms with E-state index in [0.717, 1.165) is 30.3 Å². The quantitative estimate of drug-likeness (QED) is 0.766. The van der Waals surface area contributed by atoms with E-state index >= 15 is 0 Å². The van der Waals surface area contributed by atoms with Gasteiger partial charge in [-0.05, 0) is 43.9 Å². The third-order valence-corrected chi connectivity index (χ3v) is 3.66. The number of nitrogens with zero attached hydrogens (tertiary/aromatic N) is 1. The molecular weight excluding hydrogens is 242 g/mol. The molecular formula is C14H17N3O2. The van der Waals surface area contributed by atoms with E-state index in [1.165, 1.54) is 0 Å². The van der Waals surface area contributed by atoms with E-state index < -0.39 is 0 Å². The SMILES string of the molecule is O=C(NC1CCCC(O)C1)c1ccc2nc[nH]c2c1. The van der Waals surface area contributed by atoms with Crippen LogP contribution in [0.5, 0.6) is 0 Å². The lowest BCUT2D eigenvalue weighted by molar-refractivity contribution is 0.0850. The van der Waals surface area contributed by atoms with Gasteiger partial charge in [-0.15, -0.1) is 0 Å². The Morgan fingerprint density at radius 1 is 1.42 bits per heavy atom. The van der Waals surface area contributed by atoms with Crippen LogP contribution in [0.15, 0.2) is 24.5 Å². The minimum Gasteiger partial charge on any atom is -0.393 e. The third-order valence-electron chi connectivity index (χ3n) is 3.66. The van der Waals surface area contributed by atoms with Crippen molar-refractivity contribution in [2.75, 3.05) is 0 Å². The van der Waals surface area contributed by atoms with Crippen LogP contribution in [0.4, 0.5) is 0 Å². The average molecular weight is 259 g/mol. The maximum atomic E-state index is 12.2. The van der Waals surface area contributed by atoms with Crippen molar-refractivity contribution in [2.45, 2.75) is 37.8 Å². The van der Waals surface area contributed by atoms with Crippen LogP contribution in [0.25, 0.3) is 11.0 Å². The van der Waals surface area contributed by atoms with Crippen molar-refractivity contribution in [3.8, 4) is 0 Å². The number of nitrogens with one attached hydrogen (secondary N) is 2. The number of aromatic nitrogens is 2. The molecule has 0 bridgehead atoms. The molecule has 2 aromatic rings. The summed E-state index contributed by atoms with van der Waals surface area (Å²) in [6, 6.07) is 5.49. The highest BCUT2D eigenvalue weighted by Crippen LogP contribution is 2.19. The Morgan fingerprint density at radius 3 is 3.16 bits per heavy atom. The van der Waals surface area contributed by atoms with E-state index in [-0.39, 0.29) is 18.1 Å². The predicted octanol–water partition coefficient (Wildman–Crippen LogP) is 1.60. The van der Waals surface area contributed by atoms with Crippen molar-refractivity contribution in [2.24, 2.45) is 0 Å². The Morgan fingerprint density at radius 2 is 2.32 bits per heavy atom. The standard InChI is InChI=1S/C14H17N3O2/c18-11-3-1-2-10(7-11)17-14(19)9-4-5-12-13(6-9)16-8-15-12/h4-6,8,10-11,18H,1-3,7H2,(H,15,16)(H,17,19). The molecule has 1 aliphatic rings. The van der Waals surface area contributed by atoms with Gasteiger partial charge in [0.15, 0.2) is 0 Å². The Labute approximate surface area is 111 Å². The lowest BCUT2D eigenvalue weighted by Gasteiger charge is -2.26. The van der Waals surface area contributed by atoms with Gasteiger partial charge in [0.1, 0.15) is 0 Å². The number of fused-ring (bicyclic) bond motifs is 1. The summed E-state index contributed by atoms with van der Waals surface area (Å²) in [6.07, 6.45) is 4.73. The van der Waals surface area contributed by atoms with Crippen LogP contribution in [-0.4, -0.2) is 33.1 Å². The molecule has 1 aromatic carbocycles. The zero-order valence-electron chi connectivity index (χ0n) is 10.6. The molecule has 2 atom stereocenters. The number of aromatic amines is 1. The number of H-pyrrole nitrogens is 1. The summed E-state index contributed by atoms with van der Waals surface area (Å²) in [5.74, 6) is -0.0874. The van der Waals surface area contributed by atoms with E-state index in [4.69, 9.17) is 0 Å². The number of benzene rings is 1. The summed E-state index contributed by atoms with van der Waals surface area (Å²) in [5, 5.41) is 12.6. The van der Waals surface area contributed by atoms with E-state index in [9.17, 15) is 9.90 Å². The topological polar surface area (TPSA) is 78.0 Å². The Balaban J connectivity index is 1.72. The smallest absolute Gasteiger partial charge is 0.251 e. The fourth-order valence-corrected chi connectivity index (χ4v) is 2.64. The monoisotopic (exact) mass is 259 g/mol. The van der Waals surface area contributed by atoms with Gasteiger partial charge in [0.05, 0.1) is 23.5 Å². The molecule has 5 nitrogen and oxygen atoms in total. The van der Waals surface area contributed by atoms with Crippen LogP contribution in [0.1, 0.15) is 36.0 Å². The molecule has 0 radical (unpaired) electrons. The van der Waals surface area contributed by atoms with Gasteiger partial charge in [-0.3, -0.25) is 4.79 Å². The zero-order chi connectivity index (χ0) is 13.2. The number of carbonyl (C=O) groups excluding carboxylic acids is 1. The second-order valence-corrected chi connectivity index (χ2v) is 5.13. The Hall–Kier alpha value is -1.88. The van der Waals surface area contributed by atoms with Crippen LogP contribution in [0.3, 0.4) is 0 Å². The maximum absolute atomic E-state index is 12.2. The van der Waals surface area contributed by atoms with Crippen LogP contribution in [-0.2, 0) is 0 Å². The molecule has 3 N–H and O–H groups in total. The lowest BCUT2D eigenvalue weighted by atomic mass is 9.93. The number of amides is 1. The minimum atomic E-state index is -0.283. The van der Waals surface area contributed by atoms with Gasteiger partial charge >= 0.3 is 0 Å². The summed E-state index contributed by atoms with van der Waals surface area (Å²) in [4.78, 5) is 19.3. The first-order valence-corrected chi connectivity index (χ1v) is 6.64. The highest BCUT2D eigenvalue weighted by atomic mass is 16.3. The van der Waals surface area contributed by atoms with Crippen molar-refractivity contribution in [1.82, 2.24) is 15.3 Å². The van der Waals surface area contributed by atoms with E-state index in [2.05, 4.69) is 15.3 Å². The molecule has 5 heteroatoms. The van der Waals surface area contributed by atoms with Gasteiger partial charge in [0.25, 0.3) is 5.91 Å². The molecule has 19 heavy (non-hydrogen) atoms. The molecule has 3 rings (SSSR count). The highest BCUT2D eigenvalue weighted by Gasteiger charge is 2.22. The van der Waals surface area contributed by atoms with Crippen molar-refractivity contribution < 1.29 is 9.90 Å². The number of aliphatic hydroxyl groups is 1. The van der Waals surface area contributed by atoms with Crippen LogP contribution >= 0.6 is 0 Å². The highest BCUT2D eigenvalue weighted by molar-refractivity contribution is 5.97. The summed E-state index contributed by atoms with van der Waals surface area (Å²) >= 11 is 0. The second-order valence-electron chi connectivity index (χ2n) is 5.13. The van der Waals surface area contributed by atoms with Crippen molar-refractivity contribution in [1.29, 1.82) is 0 Å². The first-order chi connectivity index (χ1) is 9.22. The molecule has 0 spiro atoms. The largest absolute Gasteiger partial charge is 0.393 e. The van der Waals surface area contributed by atoms with Gasteiger partial charge in [0.2, 0.25) is 0 Å². The summed E-state index contributed by atoms with van der Waals surface area (Å²) in [5.41, 5.74) is 2.33. The first kappa shape index (κ1) is 12.2. The fourth-order valence-electron chi connectivity index (χ4n) is 2.64. The molecule has 0 aliphatic heterocycles. The molecule has 1 aromatic heterocycles. The fraction of sp³-hybridized carbons (Fsp3) is 0.429. The number of carbonyl (C=O) groups is 1. The van der Waals surface area contributed by atoms with E-state index in [1.807, 2.05) is 6.07 Å². The molecule has 0 saturated heterocycles. The molecule has 1 amide bonds. The summed E-state index contributed by atoms with van der Waals surface area (Å²) in [6.45, 7) is 0. The normalized spacial score (nSPS) is 23.4. The lowest BCUT2D eigenvalue weighted by Crippen LogP contribution is -2.39. The second kappa shape index (κ2) is 5.01. The minimum absolute atomic E-state index is 0.0775. The Kier molecular flexibility index (Phi) is 3.21. The number of imidazole rings is 1.